The SMILES string of the molecule is CC(=O)NCCOC(C)(C)CCOC(C)(C)CCNC(=O)CCCC[C@@H]1SC[C@@H]2NC(=O)N[C@@H]21. The Labute approximate surface area is 208 Å². The molecule has 0 aromatic rings. The fourth-order valence-corrected chi connectivity index (χ4v) is 5.68. The smallest absolute Gasteiger partial charge is 0.315 e. The highest BCUT2D eigenvalue weighted by Crippen LogP contribution is 2.33. The lowest BCUT2D eigenvalue weighted by Gasteiger charge is -2.30. The molecule has 2 rings (SSSR count). The summed E-state index contributed by atoms with van der Waals surface area (Å²) < 4.78 is 11.9. The Morgan fingerprint density at radius 3 is 2.44 bits per heavy atom. The summed E-state index contributed by atoms with van der Waals surface area (Å²) >= 11 is 1.91. The Bertz CT molecular complexity index is 688. The van der Waals surface area contributed by atoms with Gasteiger partial charge in [-0.05, 0) is 53.4 Å². The minimum atomic E-state index is -0.338. The summed E-state index contributed by atoms with van der Waals surface area (Å²) in [6.07, 6.45) is 4.87. The van der Waals surface area contributed by atoms with Crippen molar-refractivity contribution in [1.82, 2.24) is 21.3 Å². The van der Waals surface area contributed by atoms with Crippen LogP contribution in [0.15, 0.2) is 0 Å². The number of rotatable bonds is 16. The predicted molar refractivity (Wildman–Crippen MR) is 135 cm³/mol. The summed E-state index contributed by atoms with van der Waals surface area (Å²) in [5, 5.41) is 12.1. The number of urea groups is 1. The maximum atomic E-state index is 12.2. The van der Waals surface area contributed by atoms with E-state index in [-0.39, 0.29) is 41.1 Å². The first kappa shape index (κ1) is 28.7. The van der Waals surface area contributed by atoms with Crippen molar-refractivity contribution in [2.45, 2.75) is 102 Å². The van der Waals surface area contributed by atoms with Gasteiger partial charge in [-0.15, -0.1) is 0 Å². The van der Waals surface area contributed by atoms with Gasteiger partial charge in [0.1, 0.15) is 0 Å². The Morgan fingerprint density at radius 1 is 1.00 bits per heavy atom. The Kier molecular flexibility index (Phi) is 11.4. The molecule has 9 nitrogen and oxygen atoms in total. The van der Waals surface area contributed by atoms with Crippen LogP contribution >= 0.6 is 11.8 Å². The molecule has 2 heterocycles. The molecule has 0 aromatic heterocycles. The number of carbonyl (C=O) groups excluding carboxylic acids is 3. The minimum absolute atomic E-state index is 0.0534. The number of thioether (sulfide) groups is 1. The van der Waals surface area contributed by atoms with Crippen LogP contribution in [0.4, 0.5) is 4.79 Å². The van der Waals surface area contributed by atoms with E-state index in [0.717, 1.165) is 37.9 Å². The monoisotopic (exact) mass is 500 g/mol. The molecule has 34 heavy (non-hydrogen) atoms. The van der Waals surface area contributed by atoms with Crippen LogP contribution in [-0.2, 0) is 19.1 Å². The molecule has 0 unspecified atom stereocenters. The quantitative estimate of drug-likeness (QED) is 0.191. The molecule has 4 amide bonds. The topological polar surface area (TPSA) is 118 Å². The van der Waals surface area contributed by atoms with Gasteiger partial charge in [-0.1, -0.05) is 6.42 Å². The predicted octanol–water partition coefficient (Wildman–Crippen LogP) is 2.34. The number of fused-ring (bicyclic) bond motifs is 1. The van der Waals surface area contributed by atoms with Crippen molar-refractivity contribution in [3.05, 3.63) is 0 Å². The fraction of sp³-hybridized carbons (Fsp3) is 0.875. The summed E-state index contributed by atoms with van der Waals surface area (Å²) in [6, 6.07) is 0.432. The third-order valence-electron chi connectivity index (χ3n) is 6.30. The lowest BCUT2D eigenvalue weighted by molar-refractivity contribution is -0.122. The number of hydrogen-bond donors (Lipinski definition) is 4. The summed E-state index contributed by atoms with van der Waals surface area (Å²) in [6.45, 7) is 11.7. The second kappa shape index (κ2) is 13.5. The zero-order valence-corrected chi connectivity index (χ0v) is 22.3. The average molecular weight is 501 g/mol. The maximum Gasteiger partial charge on any atom is 0.315 e. The number of unbranched alkanes of at least 4 members (excludes halogenated alkanes) is 1. The van der Waals surface area contributed by atoms with Crippen LogP contribution in [0.2, 0.25) is 0 Å². The van der Waals surface area contributed by atoms with Crippen LogP contribution in [0.5, 0.6) is 0 Å². The molecule has 10 heteroatoms. The van der Waals surface area contributed by atoms with E-state index in [4.69, 9.17) is 9.47 Å². The van der Waals surface area contributed by atoms with Crippen molar-refractivity contribution < 1.29 is 23.9 Å². The molecule has 196 valence electrons. The van der Waals surface area contributed by atoms with Gasteiger partial charge >= 0.3 is 6.03 Å². The Hall–Kier alpha value is -1.52. The van der Waals surface area contributed by atoms with Crippen LogP contribution in [0, 0.1) is 0 Å². The van der Waals surface area contributed by atoms with E-state index < -0.39 is 0 Å². The lowest BCUT2D eigenvalue weighted by Crippen LogP contribution is -2.36. The molecule has 0 spiro atoms. The molecule has 0 aliphatic carbocycles. The Morgan fingerprint density at radius 2 is 1.71 bits per heavy atom. The van der Waals surface area contributed by atoms with Crippen LogP contribution in [0.3, 0.4) is 0 Å². The number of hydrogen-bond acceptors (Lipinski definition) is 6. The molecule has 2 fully saturated rings. The largest absolute Gasteiger partial charge is 0.375 e. The Balaban J connectivity index is 1.50. The minimum Gasteiger partial charge on any atom is -0.375 e. The van der Waals surface area contributed by atoms with E-state index >= 15 is 0 Å². The molecule has 3 atom stereocenters. The van der Waals surface area contributed by atoms with E-state index in [1.807, 2.05) is 39.5 Å². The van der Waals surface area contributed by atoms with E-state index in [0.29, 0.717) is 38.0 Å². The van der Waals surface area contributed by atoms with Crippen molar-refractivity contribution in [1.29, 1.82) is 0 Å². The van der Waals surface area contributed by atoms with Gasteiger partial charge in [-0.3, -0.25) is 9.59 Å². The maximum absolute atomic E-state index is 12.2. The van der Waals surface area contributed by atoms with Crippen LogP contribution < -0.4 is 21.3 Å². The second-order valence-electron chi connectivity index (χ2n) is 10.4. The lowest BCUT2D eigenvalue weighted by atomic mass is 10.0. The van der Waals surface area contributed by atoms with Gasteiger partial charge in [0.15, 0.2) is 0 Å². The van der Waals surface area contributed by atoms with E-state index in [9.17, 15) is 14.4 Å². The first-order valence-electron chi connectivity index (χ1n) is 12.5. The number of ether oxygens (including phenoxy) is 2. The fourth-order valence-electron chi connectivity index (χ4n) is 4.14. The average Bonchev–Trinajstić information content (AvgIpc) is 3.27. The van der Waals surface area contributed by atoms with Gasteiger partial charge in [0.25, 0.3) is 0 Å². The molecule has 4 N–H and O–H groups in total. The molecular formula is C24H44N4O5S. The number of carbonyl (C=O) groups is 3. The normalized spacial score (nSPS) is 22.1. The van der Waals surface area contributed by atoms with Gasteiger partial charge in [-0.25, -0.2) is 4.79 Å². The molecule has 0 aromatic carbocycles. The standard InChI is InChI=1S/C24H44N4O5S/c1-17(29)25-13-15-33-24(4,5)11-14-32-23(2,3)10-12-26-20(30)9-7-6-8-19-21-18(16-34-19)27-22(31)28-21/h18-19,21H,6-16H2,1-5H3,(H,25,29)(H,26,30)(H2,27,28,31)/t18-,19-,21-/m0/s1. The van der Waals surface area contributed by atoms with Crippen LogP contribution in [0.25, 0.3) is 0 Å². The summed E-state index contributed by atoms with van der Waals surface area (Å²) in [5.41, 5.74) is -0.671. The van der Waals surface area contributed by atoms with Gasteiger partial charge in [0.05, 0.1) is 36.5 Å². The van der Waals surface area contributed by atoms with Crippen LogP contribution in [0.1, 0.15) is 73.1 Å². The van der Waals surface area contributed by atoms with Crippen molar-refractivity contribution >= 4 is 29.6 Å². The van der Waals surface area contributed by atoms with Crippen LogP contribution in [-0.4, -0.2) is 78.4 Å². The third-order valence-corrected chi connectivity index (χ3v) is 7.80. The first-order chi connectivity index (χ1) is 16.0. The van der Waals surface area contributed by atoms with Gasteiger partial charge in [0, 0.05) is 37.4 Å². The zero-order chi connectivity index (χ0) is 25.2. The van der Waals surface area contributed by atoms with Crippen molar-refractivity contribution in [3.8, 4) is 0 Å². The highest BCUT2D eigenvalue weighted by atomic mass is 32.2. The van der Waals surface area contributed by atoms with Gasteiger partial charge in [0.2, 0.25) is 11.8 Å². The molecule has 0 saturated carbocycles. The van der Waals surface area contributed by atoms with Gasteiger partial charge < -0.3 is 30.7 Å². The summed E-state index contributed by atoms with van der Waals surface area (Å²) in [4.78, 5) is 34.6. The molecule has 0 radical (unpaired) electrons. The highest BCUT2D eigenvalue weighted by molar-refractivity contribution is 8.00. The van der Waals surface area contributed by atoms with Gasteiger partial charge in [-0.2, -0.15) is 11.8 Å². The van der Waals surface area contributed by atoms with Crippen molar-refractivity contribution in [3.63, 3.8) is 0 Å². The zero-order valence-electron chi connectivity index (χ0n) is 21.5. The molecule has 2 aliphatic heterocycles. The number of amides is 4. The summed E-state index contributed by atoms with van der Waals surface area (Å²) in [5.74, 6) is 0.991. The molecule has 2 saturated heterocycles. The third kappa shape index (κ3) is 10.8. The highest BCUT2D eigenvalue weighted by Gasteiger charge is 2.42. The first-order valence-corrected chi connectivity index (χ1v) is 13.5. The van der Waals surface area contributed by atoms with Crippen molar-refractivity contribution in [2.24, 2.45) is 0 Å². The summed E-state index contributed by atoms with van der Waals surface area (Å²) in [7, 11) is 0. The van der Waals surface area contributed by atoms with E-state index in [2.05, 4.69) is 21.3 Å². The molecule has 0 bridgehead atoms. The molecular weight excluding hydrogens is 456 g/mol. The second-order valence-corrected chi connectivity index (χ2v) is 11.7. The van der Waals surface area contributed by atoms with Crippen molar-refractivity contribution in [2.75, 3.05) is 32.1 Å². The molecule has 2 aliphatic rings. The van der Waals surface area contributed by atoms with E-state index in [1.54, 1.807) is 0 Å². The number of nitrogens with one attached hydrogen (secondary N) is 4. The van der Waals surface area contributed by atoms with E-state index in [1.165, 1.54) is 6.92 Å².